The average Bonchev–Trinajstić information content (AvgIpc) is 2.32. The van der Waals surface area contributed by atoms with E-state index in [-0.39, 0.29) is 38.0 Å². The molecule has 2 rings (SSSR count). The predicted octanol–water partition coefficient (Wildman–Crippen LogP) is 4.75. The normalized spacial score (nSPS) is 19.4. The molecular formula is C14H19BrF2O2S. The maximum absolute atomic E-state index is 13.1. The van der Waals surface area contributed by atoms with Crippen LogP contribution < -0.4 is 0 Å². The topological polar surface area (TPSA) is 34.1 Å². The zero-order valence-corrected chi connectivity index (χ0v) is 12.9. The minimum Gasteiger partial charge on any atom is -0.223 e. The zero-order chi connectivity index (χ0) is 14.3. The lowest BCUT2D eigenvalue weighted by atomic mass is 9.96. The van der Waals surface area contributed by atoms with Gasteiger partial charge in [0.15, 0.2) is 9.84 Å². The van der Waals surface area contributed by atoms with Gasteiger partial charge in [0.05, 0.1) is 10.1 Å². The molecule has 0 atom stereocenters. The first-order valence-electron chi connectivity index (χ1n) is 6.10. The fraction of sp³-hybridized carbons (Fsp3) is 0.571. The minimum absolute atomic E-state index is 0. The third kappa shape index (κ3) is 3.58. The third-order valence-corrected chi connectivity index (χ3v) is 6.71. The van der Waals surface area contributed by atoms with Crippen LogP contribution in [0, 0.1) is 6.92 Å². The van der Waals surface area contributed by atoms with Crippen molar-refractivity contribution < 1.29 is 17.2 Å². The van der Waals surface area contributed by atoms with E-state index in [2.05, 4.69) is 15.9 Å². The fourth-order valence-corrected chi connectivity index (χ4v) is 4.40. The van der Waals surface area contributed by atoms with Crippen LogP contribution in [0.5, 0.6) is 0 Å². The summed E-state index contributed by atoms with van der Waals surface area (Å²) >= 11 is 3.31. The molecule has 0 aromatic heterocycles. The molecule has 0 unspecified atom stereocenters. The van der Waals surface area contributed by atoms with Gasteiger partial charge < -0.3 is 0 Å². The van der Waals surface area contributed by atoms with Crippen LogP contribution in [-0.4, -0.2) is 19.6 Å². The standard InChI is InChI=1S/C13H15BrF2O2S.CH4/c1-9-8-11(2-3-12(9)14)19(17,18)10-4-6-13(15,16)7-5-10;/h2-3,8,10H,4-7H2,1H3;1H4. The lowest BCUT2D eigenvalue weighted by Gasteiger charge is -2.28. The summed E-state index contributed by atoms with van der Waals surface area (Å²) < 4.78 is 51.8. The van der Waals surface area contributed by atoms with E-state index in [1.165, 1.54) is 6.07 Å². The molecule has 0 radical (unpaired) electrons. The summed E-state index contributed by atoms with van der Waals surface area (Å²) in [5, 5.41) is -0.687. The van der Waals surface area contributed by atoms with E-state index in [0.717, 1.165) is 10.0 Å². The van der Waals surface area contributed by atoms with E-state index in [4.69, 9.17) is 0 Å². The van der Waals surface area contributed by atoms with Gasteiger partial charge in [-0.15, -0.1) is 0 Å². The van der Waals surface area contributed by atoms with Gasteiger partial charge in [-0.3, -0.25) is 0 Å². The van der Waals surface area contributed by atoms with Crippen molar-refractivity contribution in [3.05, 3.63) is 28.2 Å². The molecule has 20 heavy (non-hydrogen) atoms. The Labute approximate surface area is 127 Å². The van der Waals surface area contributed by atoms with Crippen LogP contribution >= 0.6 is 15.9 Å². The zero-order valence-electron chi connectivity index (χ0n) is 10.5. The number of hydrogen-bond donors (Lipinski definition) is 0. The predicted molar refractivity (Wildman–Crippen MR) is 80.0 cm³/mol. The van der Waals surface area contributed by atoms with Crippen molar-refractivity contribution in [1.82, 2.24) is 0 Å². The van der Waals surface area contributed by atoms with Gasteiger partial charge in [0.2, 0.25) is 5.92 Å². The molecule has 0 heterocycles. The van der Waals surface area contributed by atoms with Crippen molar-refractivity contribution in [2.45, 2.75) is 56.1 Å². The summed E-state index contributed by atoms with van der Waals surface area (Å²) in [6, 6.07) is 4.80. The summed E-state index contributed by atoms with van der Waals surface area (Å²) in [7, 11) is -3.51. The van der Waals surface area contributed by atoms with Crippen molar-refractivity contribution >= 4 is 25.8 Å². The van der Waals surface area contributed by atoms with Gasteiger partial charge in [0, 0.05) is 17.3 Å². The quantitative estimate of drug-likeness (QED) is 0.754. The van der Waals surface area contributed by atoms with Crippen molar-refractivity contribution in [3.63, 3.8) is 0 Å². The van der Waals surface area contributed by atoms with Crippen molar-refractivity contribution in [3.8, 4) is 0 Å². The summed E-state index contributed by atoms with van der Waals surface area (Å²) in [5.41, 5.74) is 0.821. The highest BCUT2D eigenvalue weighted by molar-refractivity contribution is 9.10. The highest BCUT2D eigenvalue weighted by Gasteiger charge is 2.40. The van der Waals surface area contributed by atoms with Crippen LogP contribution in [0.2, 0.25) is 0 Å². The average molecular weight is 369 g/mol. The van der Waals surface area contributed by atoms with Crippen molar-refractivity contribution in [2.75, 3.05) is 0 Å². The fourth-order valence-electron chi connectivity index (χ4n) is 2.31. The van der Waals surface area contributed by atoms with E-state index in [1.807, 2.05) is 0 Å². The molecule has 0 aliphatic heterocycles. The van der Waals surface area contributed by atoms with Gasteiger partial charge in [-0.05, 0) is 43.5 Å². The Morgan fingerprint density at radius 3 is 2.30 bits per heavy atom. The molecule has 1 saturated carbocycles. The summed E-state index contributed by atoms with van der Waals surface area (Å²) in [4.78, 5) is 0.225. The molecule has 1 fully saturated rings. The third-order valence-electron chi connectivity index (χ3n) is 3.56. The van der Waals surface area contributed by atoms with Gasteiger partial charge in [-0.25, -0.2) is 17.2 Å². The highest BCUT2D eigenvalue weighted by Crippen LogP contribution is 2.37. The van der Waals surface area contributed by atoms with E-state index in [0.29, 0.717) is 0 Å². The minimum atomic E-state index is -3.51. The van der Waals surface area contributed by atoms with Gasteiger partial charge in [0.25, 0.3) is 0 Å². The summed E-state index contributed by atoms with van der Waals surface area (Å²) in [6.07, 6.45) is -0.617. The Bertz CT molecular complexity index is 575. The Morgan fingerprint density at radius 1 is 1.25 bits per heavy atom. The lowest BCUT2D eigenvalue weighted by Crippen LogP contribution is -2.32. The molecule has 0 N–H and O–H groups in total. The molecule has 1 aromatic rings. The van der Waals surface area contributed by atoms with Crippen LogP contribution in [-0.2, 0) is 9.84 Å². The first kappa shape index (κ1) is 17.6. The van der Waals surface area contributed by atoms with Gasteiger partial charge in [-0.2, -0.15) is 0 Å². The highest BCUT2D eigenvalue weighted by atomic mass is 79.9. The van der Waals surface area contributed by atoms with Crippen LogP contribution in [0.4, 0.5) is 8.78 Å². The molecule has 114 valence electrons. The van der Waals surface area contributed by atoms with E-state index in [9.17, 15) is 17.2 Å². The molecule has 0 saturated heterocycles. The molecule has 0 spiro atoms. The first-order chi connectivity index (χ1) is 8.72. The Hall–Kier alpha value is -0.490. The van der Waals surface area contributed by atoms with E-state index in [1.54, 1.807) is 19.1 Å². The van der Waals surface area contributed by atoms with Gasteiger partial charge >= 0.3 is 0 Å². The first-order valence-corrected chi connectivity index (χ1v) is 8.44. The van der Waals surface area contributed by atoms with Crippen LogP contribution in [0.15, 0.2) is 27.6 Å². The lowest BCUT2D eigenvalue weighted by molar-refractivity contribution is -0.0328. The monoisotopic (exact) mass is 368 g/mol. The van der Waals surface area contributed by atoms with Gasteiger partial charge in [-0.1, -0.05) is 23.4 Å². The maximum atomic E-state index is 13.1. The largest absolute Gasteiger partial charge is 0.248 e. The van der Waals surface area contributed by atoms with Gasteiger partial charge in [0.1, 0.15) is 0 Å². The molecule has 2 nitrogen and oxygen atoms in total. The molecule has 1 aliphatic carbocycles. The number of rotatable bonds is 2. The summed E-state index contributed by atoms with van der Waals surface area (Å²) in [6.45, 7) is 1.80. The van der Waals surface area contributed by atoms with Crippen molar-refractivity contribution in [1.29, 1.82) is 0 Å². The van der Waals surface area contributed by atoms with E-state index >= 15 is 0 Å². The number of alkyl halides is 2. The van der Waals surface area contributed by atoms with E-state index < -0.39 is 21.0 Å². The number of aryl methyl sites for hydroxylation is 1. The Balaban J connectivity index is 0.00000200. The van der Waals surface area contributed by atoms with Crippen LogP contribution in [0.3, 0.4) is 0 Å². The van der Waals surface area contributed by atoms with Crippen LogP contribution in [0.1, 0.15) is 38.7 Å². The molecule has 0 amide bonds. The van der Waals surface area contributed by atoms with Crippen molar-refractivity contribution in [2.24, 2.45) is 0 Å². The second kappa shape index (κ2) is 6.10. The molecule has 1 aromatic carbocycles. The van der Waals surface area contributed by atoms with Crippen LogP contribution in [0.25, 0.3) is 0 Å². The number of sulfone groups is 1. The summed E-state index contributed by atoms with van der Waals surface area (Å²) in [5.74, 6) is -2.71. The second-order valence-electron chi connectivity index (χ2n) is 5.01. The Kier molecular flexibility index (Phi) is 5.35. The molecular weight excluding hydrogens is 350 g/mol. The number of benzene rings is 1. The smallest absolute Gasteiger partial charge is 0.223 e. The molecule has 1 aliphatic rings. The SMILES string of the molecule is C.Cc1cc(S(=O)(=O)C2CCC(F)(F)CC2)ccc1Br. The number of hydrogen-bond acceptors (Lipinski definition) is 2. The number of halogens is 3. The molecule has 6 heteroatoms. The molecule has 0 bridgehead atoms. The Morgan fingerprint density at radius 2 is 1.80 bits per heavy atom. The second-order valence-corrected chi connectivity index (χ2v) is 8.09. The maximum Gasteiger partial charge on any atom is 0.248 e.